The molecule has 4 aromatic carbocycles. The van der Waals surface area contributed by atoms with E-state index in [1.807, 2.05) is 0 Å². The van der Waals surface area contributed by atoms with Gasteiger partial charge in [0.05, 0.1) is 20.9 Å². The molecule has 0 unspecified atom stereocenters. The highest BCUT2D eigenvalue weighted by atomic mass is 35.5. The van der Waals surface area contributed by atoms with Crippen molar-refractivity contribution in [3.8, 4) is 11.4 Å². The zero-order valence-corrected chi connectivity index (χ0v) is 21.2. The zero-order chi connectivity index (χ0) is 27.5. The molecule has 1 heterocycles. The van der Waals surface area contributed by atoms with Crippen LogP contribution < -0.4 is 10.6 Å². The van der Waals surface area contributed by atoms with Crippen LogP contribution in [-0.2, 0) is 0 Å². The van der Waals surface area contributed by atoms with Gasteiger partial charge in [0.15, 0.2) is 0 Å². The van der Waals surface area contributed by atoms with E-state index < -0.39 is 21.7 Å². The summed E-state index contributed by atoms with van der Waals surface area (Å²) in [6.45, 7) is 0. The molecule has 0 saturated heterocycles. The highest BCUT2D eigenvalue weighted by Gasteiger charge is 2.13. The van der Waals surface area contributed by atoms with Gasteiger partial charge < -0.3 is 15.6 Å². The average molecular weight is 559 g/mol. The molecular weight excluding hydrogens is 540 g/mol. The number of nitrogens with zero attached hydrogens (tertiary/aromatic N) is 3. The number of carbonyl (C=O) groups excluding carboxylic acids is 2. The van der Waals surface area contributed by atoms with Crippen LogP contribution in [0.5, 0.6) is 0 Å². The number of anilines is 2. The number of non-ortho nitro benzene ring substituents is 2. The van der Waals surface area contributed by atoms with Gasteiger partial charge in [-0.2, -0.15) is 0 Å². The normalized spacial score (nSPS) is 10.4. The van der Waals surface area contributed by atoms with Crippen LogP contribution in [0, 0.1) is 20.2 Å². The average Bonchev–Trinajstić information content (AvgIpc) is 3.37. The predicted octanol–water partition coefficient (Wildman–Crippen LogP) is 5.97. The van der Waals surface area contributed by atoms with Gasteiger partial charge in [-0.15, -0.1) is 12.4 Å². The predicted molar refractivity (Wildman–Crippen MR) is 151 cm³/mol. The number of nitrogens with one attached hydrogen (secondary N) is 3. The lowest BCUT2D eigenvalue weighted by molar-refractivity contribution is -0.385. The number of halogens is 1. The summed E-state index contributed by atoms with van der Waals surface area (Å²) >= 11 is 0. The fraction of sp³-hybridized carbons (Fsp3) is 0. The van der Waals surface area contributed by atoms with Crippen molar-refractivity contribution in [2.24, 2.45) is 0 Å². The summed E-state index contributed by atoms with van der Waals surface area (Å²) in [6.07, 6.45) is 0. The Kier molecular flexibility index (Phi) is 7.82. The number of aromatic amines is 1. The molecule has 2 amide bonds. The fourth-order valence-corrected chi connectivity index (χ4v) is 3.81. The minimum absolute atomic E-state index is 0. The Labute approximate surface area is 231 Å². The van der Waals surface area contributed by atoms with Crippen molar-refractivity contribution in [2.45, 2.75) is 0 Å². The molecule has 0 fully saturated rings. The molecule has 1 aromatic heterocycles. The van der Waals surface area contributed by atoms with Crippen LogP contribution in [0.15, 0.2) is 91.0 Å². The third-order valence-corrected chi connectivity index (χ3v) is 5.84. The van der Waals surface area contributed by atoms with Crippen LogP contribution in [0.1, 0.15) is 20.7 Å². The second-order valence-corrected chi connectivity index (χ2v) is 8.41. The highest BCUT2D eigenvalue weighted by Crippen LogP contribution is 2.25. The Morgan fingerprint density at radius 3 is 1.65 bits per heavy atom. The van der Waals surface area contributed by atoms with E-state index in [1.54, 1.807) is 42.5 Å². The monoisotopic (exact) mass is 558 g/mol. The Bertz CT molecular complexity index is 1730. The number of rotatable bonds is 7. The number of hydrogen-bond acceptors (Lipinski definition) is 7. The molecule has 13 heteroatoms. The van der Waals surface area contributed by atoms with Crippen molar-refractivity contribution in [3.05, 3.63) is 122 Å². The number of hydrogen-bond donors (Lipinski definition) is 3. The molecule has 200 valence electrons. The van der Waals surface area contributed by atoms with Crippen molar-refractivity contribution in [1.29, 1.82) is 0 Å². The number of imidazole rings is 1. The summed E-state index contributed by atoms with van der Waals surface area (Å²) in [6, 6.07) is 22.8. The molecule has 40 heavy (non-hydrogen) atoms. The van der Waals surface area contributed by atoms with Crippen molar-refractivity contribution >= 4 is 58.0 Å². The largest absolute Gasteiger partial charge is 0.338 e. The van der Waals surface area contributed by atoms with Gasteiger partial charge in [-0.05, 0) is 66.7 Å². The maximum absolute atomic E-state index is 12.5. The minimum Gasteiger partial charge on any atom is -0.338 e. The van der Waals surface area contributed by atoms with Gasteiger partial charge in [0.25, 0.3) is 23.2 Å². The van der Waals surface area contributed by atoms with Gasteiger partial charge in [-0.1, -0.05) is 0 Å². The molecule has 0 saturated carbocycles. The molecule has 0 aliphatic rings. The zero-order valence-electron chi connectivity index (χ0n) is 20.4. The summed E-state index contributed by atoms with van der Waals surface area (Å²) in [5.74, 6) is -0.225. The van der Waals surface area contributed by atoms with E-state index >= 15 is 0 Å². The molecule has 0 radical (unpaired) electrons. The Hall–Kier alpha value is -5.62. The second kappa shape index (κ2) is 11.4. The maximum atomic E-state index is 12.5. The van der Waals surface area contributed by atoms with Gasteiger partial charge in [0, 0.05) is 52.3 Å². The third kappa shape index (κ3) is 5.92. The summed E-state index contributed by atoms with van der Waals surface area (Å²) in [5.41, 5.74) is 3.55. The molecule has 5 aromatic rings. The van der Waals surface area contributed by atoms with Crippen molar-refractivity contribution in [2.75, 3.05) is 10.6 Å². The Balaban J connectivity index is 0.00000370. The highest BCUT2D eigenvalue weighted by molar-refractivity contribution is 6.05. The fourth-order valence-electron chi connectivity index (χ4n) is 3.81. The van der Waals surface area contributed by atoms with Gasteiger partial charge in [0.2, 0.25) is 0 Å². The minimum atomic E-state index is -0.531. The molecule has 0 aliphatic carbocycles. The number of aromatic nitrogens is 2. The van der Waals surface area contributed by atoms with Gasteiger partial charge >= 0.3 is 0 Å². The first-order valence-corrected chi connectivity index (χ1v) is 11.5. The Morgan fingerprint density at radius 2 is 1.15 bits per heavy atom. The molecule has 3 N–H and O–H groups in total. The summed E-state index contributed by atoms with van der Waals surface area (Å²) < 4.78 is 0. The lowest BCUT2D eigenvalue weighted by atomic mass is 10.1. The van der Waals surface area contributed by atoms with E-state index in [0.29, 0.717) is 33.8 Å². The number of nitro groups is 2. The van der Waals surface area contributed by atoms with Crippen LogP contribution in [0.4, 0.5) is 22.7 Å². The summed E-state index contributed by atoms with van der Waals surface area (Å²) in [7, 11) is 0. The Morgan fingerprint density at radius 1 is 0.675 bits per heavy atom. The standard InChI is InChI=1S/C27H18N6O6.ClH/c34-26(17-3-10-21(11-4-17)32(36)37)28-19-7-1-16(2-8-19)25-30-23-14-9-20(15-24(23)31-25)29-27(35)18-5-12-22(13-6-18)33(38)39;/h1-15H,(H,28,34)(H,29,35)(H,30,31);1H. The molecule has 12 nitrogen and oxygen atoms in total. The van der Waals surface area contributed by atoms with Gasteiger partial charge in [0.1, 0.15) is 5.82 Å². The van der Waals surface area contributed by atoms with E-state index in [-0.39, 0.29) is 29.3 Å². The SMILES string of the molecule is Cl.O=C(Nc1ccc(-c2nc3ccc(NC(=O)c4ccc([N+](=O)[O-])cc4)cc3[nH]2)cc1)c1ccc([N+](=O)[O-])cc1. The molecule has 0 atom stereocenters. The number of H-pyrrole nitrogens is 1. The maximum Gasteiger partial charge on any atom is 0.269 e. The second-order valence-electron chi connectivity index (χ2n) is 8.41. The number of carbonyl (C=O) groups is 2. The van der Waals surface area contributed by atoms with Crippen LogP contribution in [-0.4, -0.2) is 31.6 Å². The van der Waals surface area contributed by atoms with E-state index in [9.17, 15) is 29.8 Å². The number of fused-ring (bicyclic) bond motifs is 1. The van der Waals surface area contributed by atoms with Crippen molar-refractivity contribution in [3.63, 3.8) is 0 Å². The molecule has 5 rings (SSSR count). The summed E-state index contributed by atoms with van der Waals surface area (Å²) in [5, 5.41) is 27.1. The van der Waals surface area contributed by atoms with Gasteiger partial charge in [-0.3, -0.25) is 29.8 Å². The number of nitro benzene ring substituents is 2. The van der Waals surface area contributed by atoms with Crippen molar-refractivity contribution in [1.82, 2.24) is 9.97 Å². The smallest absolute Gasteiger partial charge is 0.269 e. The van der Waals surface area contributed by atoms with Crippen LogP contribution in [0.3, 0.4) is 0 Å². The van der Waals surface area contributed by atoms with Crippen LogP contribution in [0.25, 0.3) is 22.4 Å². The topological polar surface area (TPSA) is 173 Å². The van der Waals surface area contributed by atoms with Crippen molar-refractivity contribution < 1.29 is 19.4 Å². The first kappa shape index (κ1) is 27.4. The van der Waals surface area contributed by atoms with E-state index in [1.165, 1.54) is 48.5 Å². The molecule has 0 aliphatic heterocycles. The quantitative estimate of drug-likeness (QED) is 0.163. The summed E-state index contributed by atoms with van der Waals surface area (Å²) in [4.78, 5) is 53.3. The van der Waals surface area contributed by atoms with E-state index in [4.69, 9.17) is 0 Å². The first-order chi connectivity index (χ1) is 18.8. The lowest BCUT2D eigenvalue weighted by Crippen LogP contribution is -2.11. The molecule has 0 spiro atoms. The van der Waals surface area contributed by atoms with E-state index in [0.717, 1.165) is 5.56 Å². The van der Waals surface area contributed by atoms with E-state index in [2.05, 4.69) is 20.6 Å². The molecule has 0 bridgehead atoms. The first-order valence-electron chi connectivity index (χ1n) is 11.5. The third-order valence-electron chi connectivity index (χ3n) is 5.84. The van der Waals surface area contributed by atoms with Gasteiger partial charge in [-0.25, -0.2) is 4.98 Å². The lowest BCUT2D eigenvalue weighted by Gasteiger charge is -2.06. The number of amides is 2. The number of benzene rings is 4. The van der Waals surface area contributed by atoms with Crippen LogP contribution in [0.2, 0.25) is 0 Å². The van der Waals surface area contributed by atoms with Crippen LogP contribution >= 0.6 is 12.4 Å². The molecular formula is C27H19ClN6O6.